The molecule has 1 aromatic carbocycles. The van der Waals surface area contributed by atoms with Crippen molar-refractivity contribution in [3.05, 3.63) is 57.3 Å². The van der Waals surface area contributed by atoms with Crippen LogP contribution in [0.15, 0.2) is 35.7 Å². The second-order valence-corrected chi connectivity index (χ2v) is 5.57. The average molecular weight is 301 g/mol. The van der Waals surface area contributed by atoms with Crippen molar-refractivity contribution in [1.29, 1.82) is 0 Å². The predicted octanol–water partition coefficient (Wildman–Crippen LogP) is 3.72. The van der Waals surface area contributed by atoms with Crippen LogP contribution in [-0.4, -0.2) is 17.0 Å². The van der Waals surface area contributed by atoms with Gasteiger partial charge in [-0.1, -0.05) is 0 Å². The van der Waals surface area contributed by atoms with E-state index in [2.05, 4.69) is 5.32 Å². The largest absolute Gasteiger partial charge is 0.478 e. The molecule has 0 spiro atoms. The van der Waals surface area contributed by atoms with E-state index in [1.807, 2.05) is 18.4 Å². The van der Waals surface area contributed by atoms with Crippen molar-refractivity contribution >= 4 is 35.0 Å². The smallest absolute Gasteiger partial charge is 0.335 e. The van der Waals surface area contributed by atoms with Crippen LogP contribution in [-0.2, 0) is 4.79 Å². The zero-order chi connectivity index (χ0) is 15.4. The van der Waals surface area contributed by atoms with Crippen molar-refractivity contribution in [2.45, 2.75) is 13.8 Å². The highest BCUT2D eigenvalue weighted by atomic mass is 32.1. The highest BCUT2D eigenvalue weighted by Gasteiger charge is 2.08. The van der Waals surface area contributed by atoms with E-state index >= 15 is 0 Å². The van der Waals surface area contributed by atoms with Crippen molar-refractivity contribution in [1.82, 2.24) is 0 Å². The lowest BCUT2D eigenvalue weighted by Crippen LogP contribution is -2.09. The molecule has 0 atom stereocenters. The summed E-state index contributed by atoms with van der Waals surface area (Å²) in [5.41, 5.74) is 2.55. The molecule has 1 amide bonds. The number of carbonyl (C=O) groups is 2. The molecule has 2 aromatic rings. The fourth-order valence-electron chi connectivity index (χ4n) is 1.87. The van der Waals surface area contributed by atoms with E-state index in [-0.39, 0.29) is 11.5 Å². The Kier molecular flexibility index (Phi) is 4.55. The number of aryl methyl sites for hydroxylation is 2. The molecule has 0 bridgehead atoms. The molecule has 0 fully saturated rings. The number of thiophene rings is 1. The van der Waals surface area contributed by atoms with Gasteiger partial charge in [0.1, 0.15) is 0 Å². The van der Waals surface area contributed by atoms with Gasteiger partial charge in [0.05, 0.1) is 5.56 Å². The standard InChI is InChI=1S/C16H15NO3S/c1-10-7-8-21-14(10)5-6-15(18)17-12-3-4-13(16(19)20)11(2)9-12/h3-9H,1-2H3,(H,17,18)(H,19,20). The summed E-state index contributed by atoms with van der Waals surface area (Å²) in [6, 6.07) is 6.71. The van der Waals surface area contributed by atoms with Gasteiger partial charge in [-0.15, -0.1) is 11.3 Å². The van der Waals surface area contributed by atoms with E-state index in [1.165, 1.54) is 12.1 Å². The van der Waals surface area contributed by atoms with Crippen LogP contribution in [0.2, 0.25) is 0 Å². The van der Waals surface area contributed by atoms with Gasteiger partial charge in [-0.3, -0.25) is 4.79 Å². The first-order valence-corrected chi connectivity index (χ1v) is 7.22. The van der Waals surface area contributed by atoms with Crippen LogP contribution in [0.4, 0.5) is 5.69 Å². The monoisotopic (exact) mass is 301 g/mol. The zero-order valence-corrected chi connectivity index (χ0v) is 12.5. The molecule has 2 N–H and O–H groups in total. The molecule has 4 nitrogen and oxygen atoms in total. The normalized spacial score (nSPS) is 10.8. The highest BCUT2D eigenvalue weighted by Crippen LogP contribution is 2.18. The third-order valence-corrected chi connectivity index (χ3v) is 4.00. The van der Waals surface area contributed by atoms with Gasteiger partial charge in [0.15, 0.2) is 0 Å². The van der Waals surface area contributed by atoms with Gasteiger partial charge in [-0.25, -0.2) is 4.79 Å². The number of aromatic carboxylic acids is 1. The number of amides is 1. The van der Waals surface area contributed by atoms with E-state index in [4.69, 9.17) is 5.11 Å². The summed E-state index contributed by atoms with van der Waals surface area (Å²) in [4.78, 5) is 23.8. The van der Waals surface area contributed by atoms with E-state index in [0.29, 0.717) is 11.3 Å². The Bertz CT molecular complexity index is 716. The van der Waals surface area contributed by atoms with Crippen molar-refractivity contribution < 1.29 is 14.7 Å². The molecule has 0 saturated carbocycles. The number of hydrogen-bond acceptors (Lipinski definition) is 3. The number of benzene rings is 1. The molecule has 0 unspecified atom stereocenters. The second kappa shape index (κ2) is 6.37. The number of hydrogen-bond donors (Lipinski definition) is 2. The van der Waals surface area contributed by atoms with Crippen LogP contribution in [0.5, 0.6) is 0 Å². The topological polar surface area (TPSA) is 66.4 Å². The lowest BCUT2D eigenvalue weighted by molar-refractivity contribution is -0.111. The van der Waals surface area contributed by atoms with Crippen LogP contribution in [0.3, 0.4) is 0 Å². The molecule has 0 aliphatic heterocycles. The Morgan fingerprint density at radius 2 is 1.95 bits per heavy atom. The maximum absolute atomic E-state index is 11.8. The summed E-state index contributed by atoms with van der Waals surface area (Å²) in [7, 11) is 0. The van der Waals surface area contributed by atoms with E-state index in [9.17, 15) is 9.59 Å². The molecule has 1 heterocycles. The lowest BCUT2D eigenvalue weighted by Gasteiger charge is -2.05. The highest BCUT2D eigenvalue weighted by molar-refractivity contribution is 7.11. The first-order chi connectivity index (χ1) is 9.97. The summed E-state index contributed by atoms with van der Waals surface area (Å²) in [6.45, 7) is 3.69. The Labute approximate surface area is 126 Å². The average Bonchev–Trinajstić information content (AvgIpc) is 2.81. The van der Waals surface area contributed by atoms with Crippen molar-refractivity contribution in [2.24, 2.45) is 0 Å². The van der Waals surface area contributed by atoms with Crippen LogP contribution in [0.1, 0.15) is 26.4 Å². The Morgan fingerprint density at radius 1 is 1.19 bits per heavy atom. The Hall–Kier alpha value is -2.40. The number of carboxylic acids is 1. The van der Waals surface area contributed by atoms with Crippen molar-refractivity contribution in [2.75, 3.05) is 5.32 Å². The number of anilines is 1. The summed E-state index contributed by atoms with van der Waals surface area (Å²) in [5.74, 6) is -1.22. The minimum atomic E-state index is -0.974. The zero-order valence-electron chi connectivity index (χ0n) is 11.7. The number of carboxylic acid groups (broad SMARTS) is 1. The minimum absolute atomic E-state index is 0.234. The Morgan fingerprint density at radius 3 is 2.52 bits per heavy atom. The summed E-state index contributed by atoms with van der Waals surface area (Å²) in [5, 5.41) is 13.6. The number of carbonyl (C=O) groups excluding carboxylic acids is 1. The van der Waals surface area contributed by atoms with Crippen LogP contribution < -0.4 is 5.32 Å². The van der Waals surface area contributed by atoms with E-state index in [1.54, 1.807) is 36.5 Å². The number of nitrogens with one attached hydrogen (secondary N) is 1. The van der Waals surface area contributed by atoms with Crippen LogP contribution >= 0.6 is 11.3 Å². The third kappa shape index (κ3) is 3.79. The second-order valence-electron chi connectivity index (χ2n) is 4.63. The van der Waals surface area contributed by atoms with Crippen molar-refractivity contribution in [3.63, 3.8) is 0 Å². The van der Waals surface area contributed by atoms with E-state index in [0.717, 1.165) is 10.4 Å². The molecular formula is C16H15NO3S. The van der Waals surface area contributed by atoms with Gasteiger partial charge < -0.3 is 10.4 Å². The maximum Gasteiger partial charge on any atom is 0.335 e. The molecule has 2 rings (SSSR count). The Balaban J connectivity index is 2.06. The van der Waals surface area contributed by atoms with Gasteiger partial charge in [0, 0.05) is 16.6 Å². The van der Waals surface area contributed by atoms with Gasteiger partial charge in [0.25, 0.3) is 0 Å². The predicted molar refractivity (Wildman–Crippen MR) is 84.9 cm³/mol. The molecule has 1 aromatic heterocycles. The van der Waals surface area contributed by atoms with Gasteiger partial charge in [0.2, 0.25) is 5.91 Å². The molecular weight excluding hydrogens is 286 g/mol. The first kappa shape index (κ1) is 15.0. The molecule has 0 aliphatic carbocycles. The van der Waals surface area contributed by atoms with Gasteiger partial charge in [-0.05, 0) is 60.7 Å². The van der Waals surface area contributed by atoms with Gasteiger partial charge in [-0.2, -0.15) is 0 Å². The number of rotatable bonds is 4. The maximum atomic E-state index is 11.8. The van der Waals surface area contributed by atoms with Crippen LogP contribution in [0, 0.1) is 13.8 Å². The van der Waals surface area contributed by atoms with Gasteiger partial charge >= 0.3 is 5.97 Å². The summed E-state index contributed by atoms with van der Waals surface area (Å²) < 4.78 is 0. The summed E-state index contributed by atoms with van der Waals surface area (Å²) >= 11 is 1.57. The minimum Gasteiger partial charge on any atom is -0.478 e. The molecule has 108 valence electrons. The fraction of sp³-hybridized carbons (Fsp3) is 0.125. The van der Waals surface area contributed by atoms with E-state index < -0.39 is 5.97 Å². The molecule has 0 radical (unpaired) electrons. The first-order valence-electron chi connectivity index (χ1n) is 6.34. The molecule has 21 heavy (non-hydrogen) atoms. The SMILES string of the molecule is Cc1cc(NC(=O)C=Cc2sccc2C)ccc1C(=O)O. The fourth-order valence-corrected chi connectivity index (χ4v) is 2.69. The van der Waals surface area contributed by atoms with Crippen LogP contribution in [0.25, 0.3) is 6.08 Å². The molecule has 0 saturated heterocycles. The lowest BCUT2D eigenvalue weighted by atomic mass is 10.1. The summed E-state index contributed by atoms with van der Waals surface area (Å²) in [6.07, 6.45) is 3.24. The molecule has 5 heteroatoms. The quantitative estimate of drug-likeness (QED) is 0.846. The third-order valence-electron chi connectivity index (χ3n) is 3.01. The van der Waals surface area contributed by atoms with Crippen molar-refractivity contribution in [3.8, 4) is 0 Å². The molecule has 0 aliphatic rings.